The van der Waals surface area contributed by atoms with Crippen molar-refractivity contribution in [2.24, 2.45) is 0 Å². The molecular formula is C23H26ClN3O. The highest BCUT2D eigenvalue weighted by Crippen LogP contribution is 2.51. The molecule has 0 aromatic heterocycles. The molecule has 4 rings (SSSR count). The first-order chi connectivity index (χ1) is 13.6. The first-order valence-corrected chi connectivity index (χ1v) is 10.4. The largest absolute Gasteiger partial charge is 0.396 e. The van der Waals surface area contributed by atoms with E-state index in [4.69, 9.17) is 11.6 Å². The maximum Gasteiger partial charge on any atom is 0.125 e. The Balaban J connectivity index is 1.59. The van der Waals surface area contributed by atoms with Gasteiger partial charge in [0.15, 0.2) is 0 Å². The molecule has 0 bridgehead atoms. The van der Waals surface area contributed by atoms with Gasteiger partial charge in [-0.25, -0.2) is 0 Å². The fraction of sp³-hybridized carbons (Fsp3) is 0.435. The average molecular weight is 396 g/mol. The number of hydrogen-bond acceptors (Lipinski definition) is 4. The predicted molar refractivity (Wildman–Crippen MR) is 112 cm³/mol. The fourth-order valence-corrected chi connectivity index (χ4v) is 5.17. The third-order valence-electron chi connectivity index (χ3n) is 6.42. The third kappa shape index (κ3) is 3.39. The van der Waals surface area contributed by atoms with Crippen LogP contribution in [0, 0.1) is 11.3 Å². The zero-order valence-corrected chi connectivity index (χ0v) is 16.8. The summed E-state index contributed by atoms with van der Waals surface area (Å²) in [7, 11) is 0. The Hall–Kier alpha value is -2.06. The summed E-state index contributed by atoms with van der Waals surface area (Å²) >= 11 is 6.12. The van der Waals surface area contributed by atoms with Crippen LogP contribution in [0.25, 0.3) is 0 Å². The minimum absolute atomic E-state index is 0.0257. The van der Waals surface area contributed by atoms with Crippen molar-refractivity contribution in [2.45, 2.75) is 49.7 Å². The summed E-state index contributed by atoms with van der Waals surface area (Å²) in [6.07, 6.45) is 4.19. The molecule has 1 aliphatic heterocycles. The number of nitrogens with one attached hydrogen (secondary N) is 1. The molecule has 1 spiro atoms. The van der Waals surface area contributed by atoms with Crippen molar-refractivity contribution in [3.05, 3.63) is 64.7 Å². The van der Waals surface area contributed by atoms with Gasteiger partial charge in [-0.05, 0) is 61.4 Å². The number of nitriles is 1. The molecule has 2 N–H and O–H groups in total. The van der Waals surface area contributed by atoms with E-state index in [1.807, 2.05) is 24.3 Å². The molecule has 0 saturated heterocycles. The van der Waals surface area contributed by atoms with E-state index < -0.39 is 5.54 Å². The van der Waals surface area contributed by atoms with Gasteiger partial charge in [-0.1, -0.05) is 41.9 Å². The van der Waals surface area contributed by atoms with Crippen LogP contribution in [-0.4, -0.2) is 28.7 Å². The molecule has 0 atom stereocenters. The van der Waals surface area contributed by atoms with E-state index in [-0.39, 0.29) is 12.1 Å². The zero-order valence-electron chi connectivity index (χ0n) is 16.0. The smallest absolute Gasteiger partial charge is 0.125 e. The normalized spacial score (nSPS) is 26.8. The summed E-state index contributed by atoms with van der Waals surface area (Å²) in [4.78, 5) is 2.52. The predicted octanol–water partition coefficient (Wildman–Crippen LogP) is 4.68. The van der Waals surface area contributed by atoms with E-state index in [2.05, 4.69) is 40.6 Å². The third-order valence-corrected chi connectivity index (χ3v) is 6.66. The van der Waals surface area contributed by atoms with Gasteiger partial charge in [-0.3, -0.25) is 4.90 Å². The number of anilines is 1. The van der Waals surface area contributed by atoms with Gasteiger partial charge in [-0.15, -0.1) is 0 Å². The number of fused-ring (bicyclic) bond motifs is 2. The summed E-state index contributed by atoms with van der Waals surface area (Å²) in [5.74, 6) is 0. The molecule has 28 heavy (non-hydrogen) atoms. The van der Waals surface area contributed by atoms with E-state index in [0.29, 0.717) is 5.02 Å². The number of aliphatic hydroxyl groups excluding tert-OH is 1. The van der Waals surface area contributed by atoms with Crippen LogP contribution in [0.3, 0.4) is 0 Å². The standard InChI is InChI=1S/C23H26ClN3O/c24-19-6-3-7-20(15-19)26-22(17-25)9-11-23(12-10-22)21-8-2-1-5-18(21)16-27(23)13-4-14-28/h1-3,5-8,15,26,28H,4,9-14,16H2. The number of aliphatic hydroxyl groups is 1. The molecule has 1 heterocycles. The van der Waals surface area contributed by atoms with Gasteiger partial charge in [0, 0.05) is 35.9 Å². The summed E-state index contributed by atoms with van der Waals surface area (Å²) < 4.78 is 0. The van der Waals surface area contributed by atoms with Crippen molar-refractivity contribution < 1.29 is 5.11 Å². The van der Waals surface area contributed by atoms with Gasteiger partial charge in [0.1, 0.15) is 5.54 Å². The summed E-state index contributed by atoms with van der Waals surface area (Å²) in [5.41, 5.74) is 3.09. The Morgan fingerprint density at radius 1 is 1.11 bits per heavy atom. The molecule has 1 fully saturated rings. The van der Waals surface area contributed by atoms with Crippen LogP contribution in [0.4, 0.5) is 5.69 Å². The van der Waals surface area contributed by atoms with E-state index in [9.17, 15) is 10.4 Å². The van der Waals surface area contributed by atoms with Gasteiger partial charge in [0.2, 0.25) is 0 Å². The van der Waals surface area contributed by atoms with Crippen LogP contribution >= 0.6 is 11.6 Å². The highest BCUT2D eigenvalue weighted by atomic mass is 35.5. The van der Waals surface area contributed by atoms with Crippen molar-refractivity contribution >= 4 is 17.3 Å². The van der Waals surface area contributed by atoms with Crippen LogP contribution in [0.1, 0.15) is 43.2 Å². The van der Waals surface area contributed by atoms with Crippen LogP contribution in [0.15, 0.2) is 48.5 Å². The zero-order chi connectivity index (χ0) is 19.6. The number of benzene rings is 2. The SMILES string of the molecule is N#CC1(Nc2cccc(Cl)c2)CCC2(CC1)c1ccccc1CN2CCCO. The maximum absolute atomic E-state index is 10.0. The highest BCUT2D eigenvalue weighted by Gasteiger charge is 2.50. The molecular weight excluding hydrogens is 370 g/mol. The summed E-state index contributed by atoms with van der Waals surface area (Å²) in [6, 6.07) is 18.8. The Bertz CT molecular complexity index is 883. The molecule has 2 aromatic carbocycles. The van der Waals surface area contributed by atoms with Crippen LogP contribution in [-0.2, 0) is 12.1 Å². The Morgan fingerprint density at radius 2 is 1.89 bits per heavy atom. The van der Waals surface area contributed by atoms with Crippen molar-refractivity contribution in [3.8, 4) is 6.07 Å². The second-order valence-electron chi connectivity index (χ2n) is 8.02. The maximum atomic E-state index is 10.0. The molecule has 0 unspecified atom stereocenters. The Morgan fingerprint density at radius 3 is 2.61 bits per heavy atom. The minimum Gasteiger partial charge on any atom is -0.396 e. The van der Waals surface area contributed by atoms with Gasteiger partial charge in [0.25, 0.3) is 0 Å². The highest BCUT2D eigenvalue weighted by molar-refractivity contribution is 6.30. The topological polar surface area (TPSA) is 59.3 Å². The second-order valence-corrected chi connectivity index (χ2v) is 8.45. The van der Waals surface area contributed by atoms with Crippen molar-refractivity contribution in [1.29, 1.82) is 5.26 Å². The first kappa shape index (κ1) is 19.3. The molecule has 2 aromatic rings. The van der Waals surface area contributed by atoms with Crippen LogP contribution in [0.2, 0.25) is 5.02 Å². The van der Waals surface area contributed by atoms with Crippen molar-refractivity contribution in [3.63, 3.8) is 0 Å². The average Bonchev–Trinajstić information content (AvgIpc) is 3.02. The lowest BCUT2D eigenvalue weighted by atomic mass is 9.69. The number of rotatable bonds is 5. The minimum atomic E-state index is -0.573. The van der Waals surface area contributed by atoms with E-state index in [1.54, 1.807) is 0 Å². The van der Waals surface area contributed by atoms with Crippen molar-refractivity contribution in [2.75, 3.05) is 18.5 Å². The molecule has 0 radical (unpaired) electrons. The lowest BCUT2D eigenvalue weighted by Gasteiger charge is -2.47. The first-order valence-electron chi connectivity index (χ1n) is 10.0. The monoisotopic (exact) mass is 395 g/mol. The molecule has 2 aliphatic rings. The van der Waals surface area contributed by atoms with Gasteiger partial charge < -0.3 is 10.4 Å². The molecule has 5 heteroatoms. The molecule has 0 amide bonds. The second kappa shape index (κ2) is 7.75. The quantitative estimate of drug-likeness (QED) is 0.771. The lowest BCUT2D eigenvalue weighted by molar-refractivity contribution is 0.0449. The molecule has 1 saturated carbocycles. The Kier molecular flexibility index (Phi) is 5.33. The van der Waals surface area contributed by atoms with Crippen LogP contribution < -0.4 is 5.32 Å². The lowest BCUT2D eigenvalue weighted by Crippen LogP contribution is -2.51. The van der Waals surface area contributed by atoms with E-state index >= 15 is 0 Å². The van der Waals surface area contributed by atoms with Crippen molar-refractivity contribution in [1.82, 2.24) is 4.90 Å². The number of hydrogen-bond donors (Lipinski definition) is 2. The van der Waals surface area contributed by atoms with E-state index in [1.165, 1.54) is 11.1 Å². The number of nitrogens with zero attached hydrogens (tertiary/aromatic N) is 2. The Labute approximate surface area is 171 Å². The number of halogens is 1. The van der Waals surface area contributed by atoms with Crippen LogP contribution in [0.5, 0.6) is 0 Å². The van der Waals surface area contributed by atoms with Gasteiger partial charge in [-0.2, -0.15) is 5.26 Å². The van der Waals surface area contributed by atoms with E-state index in [0.717, 1.165) is 50.9 Å². The molecule has 4 nitrogen and oxygen atoms in total. The molecule has 1 aliphatic carbocycles. The summed E-state index contributed by atoms with van der Waals surface area (Å²) in [6.45, 7) is 2.02. The van der Waals surface area contributed by atoms with Gasteiger partial charge in [0.05, 0.1) is 6.07 Å². The fourth-order valence-electron chi connectivity index (χ4n) is 4.98. The summed E-state index contributed by atoms with van der Waals surface area (Å²) in [5, 5.41) is 23.5. The van der Waals surface area contributed by atoms with Gasteiger partial charge >= 0.3 is 0 Å². The molecule has 146 valence electrons.